The highest BCUT2D eigenvalue weighted by Gasteiger charge is 1.89. The average Bonchev–Trinajstić information content (AvgIpc) is 2.06. The van der Waals surface area contributed by atoms with E-state index in [1.165, 1.54) is 13.2 Å². The van der Waals surface area contributed by atoms with Gasteiger partial charge in [-0.1, -0.05) is 0 Å². The molecule has 0 aromatic rings. The van der Waals surface area contributed by atoms with Crippen molar-refractivity contribution >= 4 is 12.2 Å². The molecule has 0 saturated carbocycles. The Hall–Kier alpha value is -1.83. The number of nitriles is 1. The highest BCUT2D eigenvalue weighted by atomic mass is 16.1. The Labute approximate surface area is 64.2 Å². The molecule has 0 aromatic heterocycles. The number of aliphatic imine (C=N–C) groups is 1. The number of nitrogens with one attached hydrogen (secondary N) is 1. The highest BCUT2D eigenvalue weighted by Crippen LogP contribution is 1.80. The molecule has 0 rings (SSSR count). The largest absolute Gasteiger partial charge is 0.370 e. The van der Waals surface area contributed by atoms with Crippen molar-refractivity contribution in [2.24, 2.45) is 10.7 Å². The van der Waals surface area contributed by atoms with Crippen LogP contribution >= 0.6 is 0 Å². The van der Waals surface area contributed by atoms with Gasteiger partial charge in [0.05, 0.1) is 0 Å². The van der Waals surface area contributed by atoms with Crippen LogP contribution in [0.15, 0.2) is 16.8 Å². The Morgan fingerprint density at radius 2 is 2.45 bits per heavy atom. The second kappa shape index (κ2) is 4.99. The van der Waals surface area contributed by atoms with Gasteiger partial charge in [0.25, 0.3) is 0 Å². The predicted octanol–water partition coefficient (Wildman–Crippen LogP) is -0.873. The number of nitrogens with zero attached hydrogens (tertiary/aromatic N) is 2. The van der Waals surface area contributed by atoms with Gasteiger partial charge in [-0.05, 0) is 0 Å². The fraction of sp³-hybridized carbons (Fsp3) is 0.167. The second-order valence-corrected chi connectivity index (χ2v) is 1.58. The van der Waals surface area contributed by atoms with Crippen LogP contribution in [0.5, 0.6) is 0 Å². The predicted molar refractivity (Wildman–Crippen MR) is 40.4 cm³/mol. The van der Waals surface area contributed by atoms with Crippen molar-refractivity contribution in [3.8, 4) is 6.07 Å². The van der Waals surface area contributed by atoms with Crippen LogP contribution in [0, 0.1) is 11.3 Å². The minimum absolute atomic E-state index is 0.0309. The Bertz CT molecular complexity index is 235. The van der Waals surface area contributed by atoms with Crippen molar-refractivity contribution in [3.63, 3.8) is 0 Å². The minimum Gasteiger partial charge on any atom is -0.370 e. The van der Waals surface area contributed by atoms with Crippen LogP contribution in [0.4, 0.5) is 0 Å². The summed E-state index contributed by atoms with van der Waals surface area (Å²) < 4.78 is 0. The van der Waals surface area contributed by atoms with Gasteiger partial charge in [-0.3, -0.25) is 9.79 Å². The van der Waals surface area contributed by atoms with E-state index in [0.717, 1.165) is 0 Å². The Kier molecular flexibility index (Phi) is 4.16. The molecule has 3 N–H and O–H groups in total. The Morgan fingerprint density at radius 1 is 1.82 bits per heavy atom. The van der Waals surface area contributed by atoms with Crippen LogP contribution in [0.3, 0.4) is 0 Å². The molecule has 0 fully saturated rings. The van der Waals surface area contributed by atoms with E-state index in [1.54, 1.807) is 6.07 Å². The molecule has 0 unspecified atom stereocenters. The molecule has 0 atom stereocenters. The first kappa shape index (κ1) is 9.17. The van der Waals surface area contributed by atoms with Crippen LogP contribution in [0.25, 0.3) is 0 Å². The molecule has 11 heavy (non-hydrogen) atoms. The van der Waals surface area contributed by atoms with E-state index >= 15 is 0 Å². The topological polar surface area (TPSA) is 91.3 Å². The van der Waals surface area contributed by atoms with Gasteiger partial charge in [-0.2, -0.15) is 5.26 Å². The number of guanidine groups is 1. The van der Waals surface area contributed by atoms with Crippen LogP contribution in [-0.2, 0) is 4.79 Å². The quantitative estimate of drug-likeness (QED) is 0.177. The van der Waals surface area contributed by atoms with Gasteiger partial charge < -0.3 is 11.1 Å². The van der Waals surface area contributed by atoms with Crippen molar-refractivity contribution in [2.75, 3.05) is 7.05 Å². The summed E-state index contributed by atoms with van der Waals surface area (Å²) in [5.74, 6) is 0.152. The van der Waals surface area contributed by atoms with E-state index in [4.69, 9.17) is 11.0 Å². The molecule has 0 spiro atoms. The third-order valence-corrected chi connectivity index (χ3v) is 0.873. The van der Waals surface area contributed by atoms with E-state index in [0.29, 0.717) is 6.29 Å². The Balaban J connectivity index is 4.13. The standard InChI is InChI=1S/C6H8N4O/c1-9-6(8)10-3-5(2-7)4-11/h3-4H,1H3,(H3,8,9,10)/b5-3+. The fourth-order valence-corrected chi connectivity index (χ4v) is 0.309. The third-order valence-electron chi connectivity index (χ3n) is 0.873. The number of hydrogen-bond donors (Lipinski definition) is 2. The molecule has 0 saturated heterocycles. The smallest absolute Gasteiger partial charge is 0.192 e. The van der Waals surface area contributed by atoms with E-state index in [9.17, 15) is 4.79 Å². The summed E-state index contributed by atoms with van der Waals surface area (Å²) in [5, 5.41) is 10.7. The molecule has 0 aromatic carbocycles. The number of nitrogens with two attached hydrogens (primary N) is 1. The summed E-state index contributed by atoms with van der Waals surface area (Å²) in [5.41, 5.74) is 5.17. The maximum atomic E-state index is 10.0. The molecule has 5 nitrogen and oxygen atoms in total. The summed E-state index contributed by atoms with van der Waals surface area (Å²) in [7, 11) is 1.49. The number of rotatable bonds is 2. The number of carbonyl (C=O) groups excluding carboxylic acids is 1. The summed E-state index contributed by atoms with van der Waals surface area (Å²) >= 11 is 0. The van der Waals surface area contributed by atoms with Crippen LogP contribution in [-0.4, -0.2) is 19.3 Å². The average molecular weight is 152 g/mol. The van der Waals surface area contributed by atoms with Crippen LogP contribution in [0.2, 0.25) is 0 Å². The molecule has 0 aliphatic heterocycles. The molecule has 5 heteroatoms. The van der Waals surface area contributed by atoms with Gasteiger partial charge >= 0.3 is 0 Å². The van der Waals surface area contributed by atoms with Gasteiger partial charge in [0, 0.05) is 13.2 Å². The van der Waals surface area contributed by atoms with Crippen molar-refractivity contribution < 1.29 is 4.79 Å². The van der Waals surface area contributed by atoms with Crippen molar-refractivity contribution in [3.05, 3.63) is 11.8 Å². The van der Waals surface area contributed by atoms with E-state index in [-0.39, 0.29) is 11.5 Å². The molecule has 0 radical (unpaired) electrons. The molecule has 0 heterocycles. The zero-order valence-corrected chi connectivity index (χ0v) is 6.03. The summed E-state index contributed by atoms with van der Waals surface area (Å²) in [4.78, 5) is 13.6. The Morgan fingerprint density at radius 3 is 2.82 bits per heavy atom. The zero-order valence-electron chi connectivity index (χ0n) is 6.03. The first-order valence-electron chi connectivity index (χ1n) is 2.78. The van der Waals surface area contributed by atoms with Gasteiger partial charge in [-0.25, -0.2) is 0 Å². The summed E-state index contributed by atoms with van der Waals surface area (Å²) in [6.45, 7) is 0. The highest BCUT2D eigenvalue weighted by molar-refractivity contribution is 5.83. The first-order chi connectivity index (χ1) is 5.24. The van der Waals surface area contributed by atoms with Gasteiger partial charge in [0.1, 0.15) is 11.6 Å². The zero-order chi connectivity index (χ0) is 8.69. The molecule has 0 amide bonds. The summed E-state index contributed by atoms with van der Waals surface area (Å²) in [6, 6.07) is 1.65. The second-order valence-electron chi connectivity index (χ2n) is 1.58. The van der Waals surface area contributed by atoms with Gasteiger partial charge in [-0.15, -0.1) is 0 Å². The fourth-order valence-electron chi connectivity index (χ4n) is 0.309. The molecular weight excluding hydrogens is 144 g/mol. The number of aldehydes is 1. The summed E-state index contributed by atoms with van der Waals surface area (Å²) in [6.07, 6.45) is 1.62. The van der Waals surface area contributed by atoms with E-state index in [2.05, 4.69) is 10.3 Å². The lowest BCUT2D eigenvalue weighted by Crippen LogP contribution is -2.27. The molecular formula is C6H8N4O. The van der Waals surface area contributed by atoms with Crippen molar-refractivity contribution in [2.45, 2.75) is 0 Å². The van der Waals surface area contributed by atoms with E-state index < -0.39 is 0 Å². The monoisotopic (exact) mass is 152 g/mol. The van der Waals surface area contributed by atoms with Crippen LogP contribution < -0.4 is 11.1 Å². The maximum Gasteiger partial charge on any atom is 0.192 e. The number of carbonyl (C=O) groups is 1. The third kappa shape index (κ3) is 3.70. The van der Waals surface area contributed by atoms with Crippen molar-refractivity contribution in [1.29, 1.82) is 5.26 Å². The lowest BCUT2D eigenvalue weighted by atomic mass is 10.4. The SMILES string of the molecule is CN=C(N)N/C=C(\C#N)C=O. The van der Waals surface area contributed by atoms with E-state index in [1.807, 2.05) is 0 Å². The van der Waals surface area contributed by atoms with Gasteiger partial charge in [0.15, 0.2) is 12.2 Å². The number of allylic oxidation sites excluding steroid dienone is 1. The normalized spacial score (nSPS) is 12.0. The minimum atomic E-state index is -0.0309. The molecule has 58 valence electrons. The molecule has 0 aliphatic rings. The lowest BCUT2D eigenvalue weighted by Gasteiger charge is -1.94. The van der Waals surface area contributed by atoms with Gasteiger partial charge in [0.2, 0.25) is 0 Å². The maximum absolute atomic E-state index is 10.0. The van der Waals surface area contributed by atoms with Crippen molar-refractivity contribution in [1.82, 2.24) is 5.32 Å². The first-order valence-corrected chi connectivity index (χ1v) is 2.78. The van der Waals surface area contributed by atoms with Crippen LogP contribution in [0.1, 0.15) is 0 Å². The molecule has 0 bridgehead atoms. The molecule has 0 aliphatic carbocycles. The number of hydrogen-bond acceptors (Lipinski definition) is 3. The lowest BCUT2D eigenvalue weighted by molar-refractivity contribution is -0.104.